The molecule has 0 heterocycles. The van der Waals surface area contributed by atoms with E-state index >= 15 is 0 Å². The molecule has 0 aromatic heterocycles. The second-order valence-corrected chi connectivity index (χ2v) is 2.62. The molecule has 5 heteroatoms. The van der Waals surface area contributed by atoms with E-state index in [1.54, 1.807) is 6.92 Å². The first-order valence-corrected chi connectivity index (χ1v) is 3.34. The van der Waals surface area contributed by atoms with Crippen molar-refractivity contribution in [2.75, 3.05) is 20.1 Å². The van der Waals surface area contributed by atoms with E-state index in [0.29, 0.717) is 0 Å². The van der Waals surface area contributed by atoms with E-state index in [4.69, 9.17) is 5.73 Å². The van der Waals surface area contributed by atoms with Crippen LogP contribution in [0.5, 0.6) is 0 Å². The van der Waals surface area contributed by atoms with Crippen molar-refractivity contribution in [3.05, 3.63) is 0 Å². The fourth-order valence-corrected chi connectivity index (χ4v) is 0.619. The van der Waals surface area contributed by atoms with Gasteiger partial charge in [0, 0.05) is 12.6 Å². The Morgan fingerprint density at radius 1 is 1.45 bits per heavy atom. The molecule has 0 aromatic carbocycles. The molecule has 1 atom stereocenters. The summed E-state index contributed by atoms with van der Waals surface area (Å²) >= 11 is 0. The summed E-state index contributed by atoms with van der Waals surface area (Å²) in [5.74, 6) is 0. The Morgan fingerprint density at radius 2 is 1.91 bits per heavy atom. The van der Waals surface area contributed by atoms with Gasteiger partial charge in [-0.2, -0.15) is 13.2 Å². The van der Waals surface area contributed by atoms with Crippen molar-refractivity contribution < 1.29 is 13.2 Å². The number of hydrogen-bond donors (Lipinski definition) is 1. The molecule has 0 saturated carbocycles. The van der Waals surface area contributed by atoms with Crippen LogP contribution in [0.2, 0.25) is 0 Å². The van der Waals surface area contributed by atoms with Crippen LogP contribution in [0.4, 0.5) is 13.2 Å². The molecule has 11 heavy (non-hydrogen) atoms. The van der Waals surface area contributed by atoms with Crippen molar-refractivity contribution in [1.82, 2.24) is 4.90 Å². The maximum atomic E-state index is 11.7. The average molecular weight is 170 g/mol. The summed E-state index contributed by atoms with van der Waals surface area (Å²) in [4.78, 5) is 1.18. The summed E-state index contributed by atoms with van der Waals surface area (Å²) in [5, 5.41) is 0. The predicted octanol–water partition coefficient (Wildman–Crippen LogP) is 0.828. The zero-order valence-corrected chi connectivity index (χ0v) is 6.65. The SMILES string of the molecule is CC(CN)N(C)CC(F)(F)F. The topological polar surface area (TPSA) is 29.3 Å². The van der Waals surface area contributed by atoms with Crippen molar-refractivity contribution in [2.45, 2.75) is 19.1 Å². The second-order valence-electron chi connectivity index (χ2n) is 2.62. The standard InChI is InChI=1S/C6H13F3N2/c1-5(3-10)11(2)4-6(7,8)9/h5H,3-4,10H2,1-2H3. The lowest BCUT2D eigenvalue weighted by Crippen LogP contribution is -2.41. The van der Waals surface area contributed by atoms with E-state index < -0.39 is 12.7 Å². The highest BCUT2D eigenvalue weighted by atomic mass is 19.4. The molecule has 0 fully saturated rings. The van der Waals surface area contributed by atoms with Crippen molar-refractivity contribution in [1.29, 1.82) is 0 Å². The zero-order valence-electron chi connectivity index (χ0n) is 6.65. The van der Waals surface area contributed by atoms with Crippen LogP contribution in [0.3, 0.4) is 0 Å². The van der Waals surface area contributed by atoms with Crippen LogP contribution >= 0.6 is 0 Å². The van der Waals surface area contributed by atoms with Crippen LogP contribution < -0.4 is 5.73 Å². The summed E-state index contributed by atoms with van der Waals surface area (Å²) in [6.07, 6.45) is -4.13. The van der Waals surface area contributed by atoms with Crippen LogP contribution in [-0.4, -0.2) is 37.3 Å². The first-order valence-electron chi connectivity index (χ1n) is 3.34. The van der Waals surface area contributed by atoms with Gasteiger partial charge in [0.15, 0.2) is 0 Å². The number of nitrogens with two attached hydrogens (primary N) is 1. The van der Waals surface area contributed by atoms with Gasteiger partial charge in [0.1, 0.15) is 0 Å². The molecule has 0 aliphatic carbocycles. The number of nitrogens with zero attached hydrogens (tertiary/aromatic N) is 1. The molecule has 2 nitrogen and oxygen atoms in total. The number of alkyl halides is 3. The molecule has 0 aliphatic heterocycles. The minimum atomic E-state index is -4.13. The third kappa shape index (κ3) is 5.03. The minimum absolute atomic E-state index is 0.225. The van der Waals surface area contributed by atoms with E-state index in [0.717, 1.165) is 0 Å². The molecule has 0 saturated heterocycles. The third-order valence-electron chi connectivity index (χ3n) is 1.52. The molecular weight excluding hydrogens is 157 g/mol. The smallest absolute Gasteiger partial charge is 0.329 e. The van der Waals surface area contributed by atoms with Crippen LogP contribution in [0.25, 0.3) is 0 Å². The normalized spacial score (nSPS) is 15.5. The summed E-state index contributed by atoms with van der Waals surface area (Å²) in [7, 11) is 1.41. The van der Waals surface area contributed by atoms with Gasteiger partial charge >= 0.3 is 6.18 Å². The van der Waals surface area contributed by atoms with E-state index in [9.17, 15) is 13.2 Å². The van der Waals surface area contributed by atoms with Crippen molar-refractivity contribution >= 4 is 0 Å². The molecule has 68 valence electrons. The highest BCUT2D eigenvalue weighted by Crippen LogP contribution is 2.16. The monoisotopic (exact) mass is 170 g/mol. The zero-order chi connectivity index (χ0) is 9.07. The van der Waals surface area contributed by atoms with Crippen LogP contribution in [0, 0.1) is 0 Å². The highest BCUT2D eigenvalue weighted by Gasteiger charge is 2.30. The number of likely N-dealkylation sites (N-methyl/N-ethyl adjacent to an activating group) is 1. The van der Waals surface area contributed by atoms with Gasteiger partial charge in [-0.3, -0.25) is 4.90 Å². The van der Waals surface area contributed by atoms with Gasteiger partial charge in [0.25, 0.3) is 0 Å². The van der Waals surface area contributed by atoms with Crippen molar-refractivity contribution in [2.24, 2.45) is 5.73 Å². The van der Waals surface area contributed by atoms with Crippen molar-refractivity contribution in [3.8, 4) is 0 Å². The molecule has 1 unspecified atom stereocenters. The largest absolute Gasteiger partial charge is 0.401 e. The number of halogens is 3. The van der Waals surface area contributed by atoms with E-state index in [2.05, 4.69) is 0 Å². The van der Waals surface area contributed by atoms with Gasteiger partial charge in [-0.15, -0.1) is 0 Å². The summed E-state index contributed by atoms with van der Waals surface area (Å²) < 4.78 is 35.2. The third-order valence-corrected chi connectivity index (χ3v) is 1.52. The molecule has 0 spiro atoms. The number of hydrogen-bond acceptors (Lipinski definition) is 2. The Labute approximate surface area is 64.2 Å². The Morgan fingerprint density at radius 3 is 2.18 bits per heavy atom. The van der Waals surface area contributed by atoms with Gasteiger partial charge in [0.2, 0.25) is 0 Å². The van der Waals surface area contributed by atoms with Crippen LogP contribution in [0.15, 0.2) is 0 Å². The summed E-state index contributed by atoms with van der Waals surface area (Å²) in [6.45, 7) is 1.00. The summed E-state index contributed by atoms with van der Waals surface area (Å²) in [5.41, 5.74) is 5.18. The van der Waals surface area contributed by atoms with Crippen LogP contribution in [0.1, 0.15) is 6.92 Å². The molecule has 0 radical (unpaired) electrons. The lowest BCUT2D eigenvalue weighted by Gasteiger charge is -2.24. The van der Waals surface area contributed by atoms with E-state index in [1.165, 1.54) is 11.9 Å². The second kappa shape index (κ2) is 3.92. The Kier molecular flexibility index (Phi) is 3.82. The fraction of sp³-hybridized carbons (Fsp3) is 1.00. The number of rotatable bonds is 3. The Hall–Kier alpha value is -0.290. The molecule has 2 N–H and O–H groups in total. The van der Waals surface area contributed by atoms with Gasteiger partial charge in [0.05, 0.1) is 6.54 Å². The molecular formula is C6H13F3N2. The average Bonchev–Trinajstić information content (AvgIpc) is 1.82. The lowest BCUT2D eigenvalue weighted by molar-refractivity contribution is -0.146. The maximum absolute atomic E-state index is 11.7. The van der Waals surface area contributed by atoms with E-state index in [1.807, 2.05) is 0 Å². The molecule has 0 bridgehead atoms. The van der Waals surface area contributed by atoms with Gasteiger partial charge in [-0.1, -0.05) is 0 Å². The Bertz CT molecular complexity index is 113. The van der Waals surface area contributed by atoms with Crippen LogP contribution in [-0.2, 0) is 0 Å². The van der Waals surface area contributed by atoms with Gasteiger partial charge < -0.3 is 5.73 Å². The summed E-state index contributed by atoms with van der Waals surface area (Å²) in [6, 6.07) is -0.225. The predicted molar refractivity (Wildman–Crippen MR) is 37.2 cm³/mol. The lowest BCUT2D eigenvalue weighted by atomic mass is 10.3. The van der Waals surface area contributed by atoms with Crippen molar-refractivity contribution in [3.63, 3.8) is 0 Å². The maximum Gasteiger partial charge on any atom is 0.401 e. The first kappa shape index (κ1) is 10.7. The van der Waals surface area contributed by atoms with Gasteiger partial charge in [-0.05, 0) is 14.0 Å². The molecule has 0 aromatic rings. The van der Waals surface area contributed by atoms with Gasteiger partial charge in [-0.25, -0.2) is 0 Å². The minimum Gasteiger partial charge on any atom is -0.329 e. The highest BCUT2D eigenvalue weighted by molar-refractivity contribution is 4.66. The Balaban J connectivity index is 3.77. The van der Waals surface area contributed by atoms with E-state index in [-0.39, 0.29) is 12.6 Å². The molecule has 0 aliphatic rings. The quantitative estimate of drug-likeness (QED) is 0.679. The molecule has 0 amide bonds. The molecule has 0 rings (SSSR count). The fourth-order valence-electron chi connectivity index (χ4n) is 0.619. The first-order chi connectivity index (χ1) is 4.87.